The third-order valence-electron chi connectivity index (χ3n) is 3.41. The van der Waals surface area contributed by atoms with Crippen molar-refractivity contribution in [2.45, 2.75) is 58.6 Å². The van der Waals surface area contributed by atoms with Crippen molar-refractivity contribution in [1.29, 1.82) is 0 Å². The smallest absolute Gasteiger partial charge is 0.138 e. The summed E-state index contributed by atoms with van der Waals surface area (Å²) in [5.74, 6) is 2.78. The van der Waals surface area contributed by atoms with Gasteiger partial charge in [0.05, 0.1) is 0 Å². The van der Waals surface area contributed by atoms with E-state index in [4.69, 9.17) is 4.98 Å². The van der Waals surface area contributed by atoms with Crippen LogP contribution in [-0.2, 0) is 5.41 Å². The lowest BCUT2D eigenvalue weighted by Gasteiger charge is -2.21. The van der Waals surface area contributed by atoms with E-state index in [1.165, 1.54) is 0 Å². The average Bonchev–Trinajstić information content (AvgIpc) is 2.41. The number of hydrogen-bond acceptors (Lipinski definition) is 5. The summed E-state index contributed by atoms with van der Waals surface area (Å²) in [7, 11) is 0. The van der Waals surface area contributed by atoms with Crippen LogP contribution in [0.25, 0.3) is 0 Å². The molecular weight excluding hydrogens is 280 g/mol. The molecule has 0 aromatic carbocycles. The lowest BCUT2D eigenvalue weighted by Crippen LogP contribution is -2.20. The van der Waals surface area contributed by atoms with E-state index in [1.807, 2.05) is 11.8 Å². The highest BCUT2D eigenvalue weighted by atomic mass is 32.2. The molecule has 1 atom stereocenters. The molecule has 4 nitrogen and oxygen atoms in total. The fraction of sp³-hybridized carbons (Fsp3) is 0.750. The van der Waals surface area contributed by atoms with E-state index in [2.05, 4.69) is 63.4 Å². The Bertz CT molecular complexity index is 454. The Labute approximate surface area is 133 Å². The number of nitrogens with zero attached hydrogens (tertiary/aromatic N) is 2. The highest BCUT2D eigenvalue weighted by molar-refractivity contribution is 7.99. The van der Waals surface area contributed by atoms with Gasteiger partial charge >= 0.3 is 0 Å². The summed E-state index contributed by atoms with van der Waals surface area (Å²) in [6, 6.07) is 0. The Kier molecular flexibility index (Phi) is 6.78. The molecular formula is C16H30N4S. The van der Waals surface area contributed by atoms with Crippen LogP contribution in [0.1, 0.15) is 52.4 Å². The lowest BCUT2D eigenvalue weighted by atomic mass is 9.95. The maximum Gasteiger partial charge on any atom is 0.138 e. The highest BCUT2D eigenvalue weighted by Crippen LogP contribution is 2.26. The second-order valence-corrected chi connectivity index (χ2v) is 7.69. The van der Waals surface area contributed by atoms with Gasteiger partial charge in [-0.2, -0.15) is 11.8 Å². The molecule has 0 bridgehead atoms. The molecule has 120 valence electrons. The van der Waals surface area contributed by atoms with Gasteiger partial charge < -0.3 is 10.6 Å². The van der Waals surface area contributed by atoms with Crippen molar-refractivity contribution >= 4 is 23.4 Å². The minimum absolute atomic E-state index is 0.0547. The number of aromatic nitrogens is 2. The molecule has 0 saturated heterocycles. The van der Waals surface area contributed by atoms with Crippen molar-refractivity contribution in [3.63, 3.8) is 0 Å². The van der Waals surface area contributed by atoms with Crippen LogP contribution in [0.15, 0.2) is 0 Å². The van der Waals surface area contributed by atoms with E-state index in [0.717, 1.165) is 42.5 Å². The molecule has 0 aliphatic carbocycles. The Hall–Kier alpha value is -0.970. The predicted octanol–water partition coefficient (Wildman–Crippen LogP) is 4.07. The summed E-state index contributed by atoms with van der Waals surface area (Å²) in [6.45, 7) is 14.7. The van der Waals surface area contributed by atoms with Crippen LogP contribution >= 0.6 is 11.8 Å². The van der Waals surface area contributed by atoms with Crippen LogP contribution in [0.4, 0.5) is 11.6 Å². The Balaban J connectivity index is 2.97. The van der Waals surface area contributed by atoms with Crippen molar-refractivity contribution in [1.82, 2.24) is 9.97 Å². The standard InChI is InChI=1S/C16H30N4S/c1-8-17-13-12(3)14(18-10-9-11(2)21-7)20-15(19-13)16(4,5)6/h11H,8-10H2,1-7H3,(H2,17,18,19,20). The molecule has 0 fully saturated rings. The zero-order chi connectivity index (χ0) is 16.0. The normalized spacial score (nSPS) is 13.1. The maximum absolute atomic E-state index is 4.74. The van der Waals surface area contributed by atoms with Gasteiger partial charge in [0.2, 0.25) is 0 Å². The van der Waals surface area contributed by atoms with Crippen LogP contribution in [0.5, 0.6) is 0 Å². The predicted molar refractivity (Wildman–Crippen MR) is 95.7 cm³/mol. The van der Waals surface area contributed by atoms with Gasteiger partial charge in [-0.25, -0.2) is 9.97 Å². The topological polar surface area (TPSA) is 49.8 Å². The number of rotatable bonds is 7. The molecule has 0 amide bonds. The van der Waals surface area contributed by atoms with E-state index in [9.17, 15) is 0 Å². The van der Waals surface area contributed by atoms with Crippen LogP contribution < -0.4 is 10.6 Å². The van der Waals surface area contributed by atoms with E-state index < -0.39 is 0 Å². The monoisotopic (exact) mass is 310 g/mol. The SMILES string of the molecule is CCNc1nc(C(C)(C)C)nc(NCCC(C)SC)c1C. The summed E-state index contributed by atoms with van der Waals surface area (Å²) in [5, 5.41) is 7.49. The number of hydrogen-bond donors (Lipinski definition) is 2. The van der Waals surface area contributed by atoms with Gasteiger partial charge in [0.25, 0.3) is 0 Å². The first-order valence-electron chi connectivity index (χ1n) is 7.69. The molecule has 0 aliphatic rings. The summed E-state index contributed by atoms with van der Waals surface area (Å²) in [4.78, 5) is 9.43. The van der Waals surface area contributed by atoms with E-state index in [1.54, 1.807) is 0 Å². The quantitative estimate of drug-likeness (QED) is 0.795. The van der Waals surface area contributed by atoms with Crippen molar-refractivity contribution in [3.05, 3.63) is 11.4 Å². The second-order valence-electron chi connectivity index (χ2n) is 6.41. The Morgan fingerprint density at radius 3 is 2.19 bits per heavy atom. The van der Waals surface area contributed by atoms with Crippen molar-refractivity contribution in [3.8, 4) is 0 Å². The average molecular weight is 311 g/mol. The maximum atomic E-state index is 4.74. The van der Waals surface area contributed by atoms with E-state index in [-0.39, 0.29) is 5.41 Å². The molecule has 1 rings (SSSR count). The summed E-state index contributed by atoms with van der Waals surface area (Å²) in [6.07, 6.45) is 3.29. The van der Waals surface area contributed by atoms with Crippen LogP contribution in [-0.4, -0.2) is 34.6 Å². The number of anilines is 2. The van der Waals surface area contributed by atoms with Gasteiger partial charge in [-0.15, -0.1) is 0 Å². The molecule has 21 heavy (non-hydrogen) atoms. The summed E-state index contributed by atoms with van der Waals surface area (Å²) in [5.41, 5.74) is 1.04. The van der Waals surface area contributed by atoms with Gasteiger partial charge in [0, 0.05) is 29.3 Å². The van der Waals surface area contributed by atoms with Gasteiger partial charge in [0.15, 0.2) is 0 Å². The Morgan fingerprint density at radius 1 is 1.14 bits per heavy atom. The molecule has 0 saturated carbocycles. The molecule has 1 aromatic heterocycles. The first kappa shape index (κ1) is 18.1. The highest BCUT2D eigenvalue weighted by Gasteiger charge is 2.21. The fourth-order valence-corrected chi connectivity index (χ4v) is 2.23. The molecule has 1 heterocycles. The molecule has 0 spiro atoms. The van der Waals surface area contributed by atoms with Crippen LogP contribution in [0.2, 0.25) is 0 Å². The molecule has 5 heteroatoms. The summed E-state index contributed by atoms with van der Waals surface area (Å²) < 4.78 is 0. The molecule has 2 N–H and O–H groups in total. The van der Waals surface area contributed by atoms with Crippen LogP contribution in [0.3, 0.4) is 0 Å². The van der Waals surface area contributed by atoms with Crippen molar-refractivity contribution < 1.29 is 0 Å². The minimum atomic E-state index is -0.0547. The fourth-order valence-electron chi connectivity index (χ4n) is 1.88. The van der Waals surface area contributed by atoms with Gasteiger partial charge in [0.1, 0.15) is 17.5 Å². The van der Waals surface area contributed by atoms with E-state index >= 15 is 0 Å². The number of thioether (sulfide) groups is 1. The van der Waals surface area contributed by atoms with Crippen molar-refractivity contribution in [2.75, 3.05) is 30.0 Å². The number of nitrogens with one attached hydrogen (secondary N) is 2. The minimum Gasteiger partial charge on any atom is -0.370 e. The molecule has 1 aromatic rings. The van der Waals surface area contributed by atoms with E-state index in [0.29, 0.717) is 5.25 Å². The van der Waals surface area contributed by atoms with Crippen molar-refractivity contribution in [2.24, 2.45) is 0 Å². The first-order valence-corrected chi connectivity index (χ1v) is 8.98. The Morgan fingerprint density at radius 2 is 1.71 bits per heavy atom. The first-order chi connectivity index (χ1) is 9.79. The zero-order valence-electron chi connectivity index (χ0n) is 14.5. The van der Waals surface area contributed by atoms with Gasteiger partial charge in [-0.1, -0.05) is 27.7 Å². The summed E-state index contributed by atoms with van der Waals surface area (Å²) >= 11 is 1.90. The molecule has 0 aliphatic heterocycles. The largest absolute Gasteiger partial charge is 0.370 e. The van der Waals surface area contributed by atoms with Gasteiger partial charge in [-0.3, -0.25) is 0 Å². The molecule has 1 unspecified atom stereocenters. The lowest BCUT2D eigenvalue weighted by molar-refractivity contribution is 0.546. The molecule has 0 radical (unpaired) electrons. The third-order valence-corrected chi connectivity index (χ3v) is 4.45. The van der Waals surface area contributed by atoms with Crippen LogP contribution in [0, 0.1) is 6.92 Å². The zero-order valence-corrected chi connectivity index (χ0v) is 15.3. The second kappa shape index (κ2) is 7.87. The van der Waals surface area contributed by atoms with Gasteiger partial charge in [-0.05, 0) is 26.5 Å². The third kappa shape index (κ3) is 5.38.